The largest absolute Gasteiger partial charge is 0.497 e. The number of carboxylic acids is 1. The maximum absolute atomic E-state index is 11.5. The number of methoxy groups -OCH3 is 1. The van der Waals surface area contributed by atoms with Gasteiger partial charge in [0.15, 0.2) is 0 Å². The van der Waals surface area contributed by atoms with Crippen LogP contribution in [0.5, 0.6) is 5.75 Å². The molecular formula is C12H13NO4S. The Morgan fingerprint density at radius 1 is 1.61 bits per heavy atom. The summed E-state index contributed by atoms with van der Waals surface area (Å²) in [5.41, 5.74) is 0.810. The summed E-state index contributed by atoms with van der Waals surface area (Å²) in [6.07, 6.45) is 0. The monoisotopic (exact) mass is 269 g/mol. The van der Waals surface area contributed by atoms with E-state index in [1.54, 1.807) is 12.1 Å². The molecule has 0 saturated heterocycles. The minimum Gasteiger partial charge on any atom is -0.497 e. The number of ether oxygens (including phenoxy) is 1. The molecule has 1 heterocycles. The number of nitrogens with zero attached hydrogens (tertiary/aromatic N) is 1. The summed E-state index contributed by atoms with van der Waals surface area (Å²) < 4.78 is 12.9. The van der Waals surface area contributed by atoms with Gasteiger partial charge < -0.3 is 14.7 Å². The number of aliphatic carboxylic acids is 1. The molecule has 1 N–H and O–H groups in total. The summed E-state index contributed by atoms with van der Waals surface area (Å²) in [6, 6.07) is 3.66. The van der Waals surface area contributed by atoms with Crippen LogP contribution in [0, 0.1) is 0 Å². The van der Waals surface area contributed by atoms with E-state index in [4.69, 9.17) is 11.2 Å². The number of benzene rings is 1. The van der Waals surface area contributed by atoms with E-state index in [1.165, 1.54) is 23.8 Å². The van der Waals surface area contributed by atoms with Crippen molar-refractivity contribution < 1.29 is 20.8 Å². The zero-order chi connectivity index (χ0) is 14.0. The van der Waals surface area contributed by atoms with Crippen molar-refractivity contribution in [2.75, 3.05) is 19.4 Å². The van der Waals surface area contributed by atoms with Crippen molar-refractivity contribution in [2.24, 2.45) is 0 Å². The predicted octanol–water partition coefficient (Wildman–Crippen LogP) is 1.21. The fraction of sp³-hybridized carbons (Fsp3) is 0.333. The van der Waals surface area contributed by atoms with E-state index in [1.807, 2.05) is 0 Å². The molecule has 18 heavy (non-hydrogen) atoms. The second-order valence-corrected chi connectivity index (χ2v) is 4.91. The van der Waals surface area contributed by atoms with Crippen LogP contribution in [0.2, 0.25) is 0 Å². The van der Waals surface area contributed by atoms with Crippen LogP contribution < -0.4 is 4.74 Å². The molecule has 2 rings (SSSR count). The van der Waals surface area contributed by atoms with Crippen molar-refractivity contribution in [3.05, 3.63) is 23.7 Å². The van der Waals surface area contributed by atoms with Crippen LogP contribution >= 0.6 is 11.8 Å². The lowest BCUT2D eigenvalue weighted by Crippen LogP contribution is -2.36. The number of hydrogen-bond acceptors (Lipinski definition) is 4. The van der Waals surface area contributed by atoms with Crippen molar-refractivity contribution in [1.82, 2.24) is 4.90 Å². The summed E-state index contributed by atoms with van der Waals surface area (Å²) in [6.45, 7) is 0.601. The van der Waals surface area contributed by atoms with Crippen LogP contribution in [0.25, 0.3) is 0 Å². The SMILES string of the molecule is [3H]c1cc2c(cc1OC)CN(C(=O)C(=O)O)CCS2. The smallest absolute Gasteiger partial charge is 0.394 e. The lowest BCUT2D eigenvalue weighted by Gasteiger charge is -2.18. The fourth-order valence-electron chi connectivity index (χ4n) is 1.74. The lowest BCUT2D eigenvalue weighted by molar-refractivity contribution is -0.156. The van der Waals surface area contributed by atoms with E-state index in [-0.39, 0.29) is 12.6 Å². The highest BCUT2D eigenvalue weighted by Crippen LogP contribution is 2.30. The van der Waals surface area contributed by atoms with E-state index < -0.39 is 11.9 Å². The second-order valence-electron chi connectivity index (χ2n) is 3.77. The summed E-state index contributed by atoms with van der Waals surface area (Å²) in [5.74, 6) is -1.32. The molecule has 6 heteroatoms. The molecule has 0 unspecified atom stereocenters. The number of thioether (sulfide) groups is 1. The Hall–Kier alpha value is -1.69. The number of carbonyl (C=O) groups excluding carboxylic acids is 1. The Balaban J connectivity index is 2.33. The van der Waals surface area contributed by atoms with Crippen molar-refractivity contribution in [1.29, 1.82) is 0 Å². The highest BCUT2D eigenvalue weighted by Gasteiger charge is 2.24. The minimum atomic E-state index is -1.45. The van der Waals surface area contributed by atoms with Crippen LogP contribution in [0.1, 0.15) is 6.93 Å². The average molecular weight is 269 g/mol. The Kier molecular flexibility index (Phi) is 3.36. The van der Waals surface area contributed by atoms with Crippen LogP contribution in [0.15, 0.2) is 23.1 Å². The van der Waals surface area contributed by atoms with Crippen molar-refractivity contribution in [3.8, 4) is 5.75 Å². The number of rotatable bonds is 1. The van der Waals surface area contributed by atoms with E-state index in [2.05, 4.69) is 0 Å². The summed E-state index contributed by atoms with van der Waals surface area (Å²) in [4.78, 5) is 24.5. The Bertz CT molecular complexity index is 535. The first-order valence-corrected chi connectivity index (χ1v) is 6.34. The third-order valence-electron chi connectivity index (χ3n) is 2.64. The fourth-order valence-corrected chi connectivity index (χ4v) is 2.72. The molecule has 0 radical (unpaired) electrons. The van der Waals surface area contributed by atoms with E-state index in [9.17, 15) is 9.59 Å². The van der Waals surface area contributed by atoms with Crippen LogP contribution in [0.3, 0.4) is 0 Å². The topological polar surface area (TPSA) is 66.8 Å². The molecule has 0 bridgehead atoms. The highest BCUT2D eigenvalue weighted by atomic mass is 32.2. The zero-order valence-electron chi connectivity index (χ0n) is 10.8. The van der Waals surface area contributed by atoms with Gasteiger partial charge in [0.1, 0.15) is 5.75 Å². The molecule has 0 spiro atoms. The van der Waals surface area contributed by atoms with Gasteiger partial charge in [-0.25, -0.2) is 4.79 Å². The van der Waals surface area contributed by atoms with Gasteiger partial charge in [0.2, 0.25) is 0 Å². The van der Waals surface area contributed by atoms with Gasteiger partial charge in [-0.05, 0) is 23.7 Å². The summed E-state index contributed by atoms with van der Waals surface area (Å²) in [5, 5.41) is 8.77. The van der Waals surface area contributed by atoms with Crippen molar-refractivity contribution in [2.45, 2.75) is 11.4 Å². The third kappa shape index (κ3) is 2.59. The number of hydrogen-bond donors (Lipinski definition) is 1. The normalized spacial score (nSPS) is 15.4. The minimum absolute atomic E-state index is 0.226. The van der Waals surface area contributed by atoms with Gasteiger partial charge in [-0.3, -0.25) is 4.79 Å². The Labute approximate surface area is 110 Å². The van der Waals surface area contributed by atoms with E-state index in [0.29, 0.717) is 18.0 Å². The molecule has 1 aromatic rings. The van der Waals surface area contributed by atoms with Gasteiger partial charge in [-0.2, -0.15) is 0 Å². The quantitative estimate of drug-likeness (QED) is 0.776. The molecule has 0 saturated carbocycles. The third-order valence-corrected chi connectivity index (χ3v) is 3.72. The molecule has 1 amide bonds. The first kappa shape index (κ1) is 11.4. The van der Waals surface area contributed by atoms with Crippen molar-refractivity contribution in [3.63, 3.8) is 0 Å². The maximum atomic E-state index is 11.5. The number of carbonyl (C=O) groups is 2. The number of carboxylic acid groups (broad SMARTS) is 1. The first-order valence-electron chi connectivity index (χ1n) is 5.85. The summed E-state index contributed by atoms with van der Waals surface area (Å²) in [7, 11) is 1.48. The predicted molar refractivity (Wildman–Crippen MR) is 66.8 cm³/mol. The molecule has 1 aliphatic heterocycles. The van der Waals surface area contributed by atoms with Gasteiger partial charge in [-0.15, -0.1) is 11.8 Å². The Morgan fingerprint density at radius 3 is 3.06 bits per heavy atom. The lowest BCUT2D eigenvalue weighted by atomic mass is 10.2. The zero-order valence-corrected chi connectivity index (χ0v) is 10.6. The molecule has 0 fully saturated rings. The van der Waals surface area contributed by atoms with Gasteiger partial charge in [0, 0.05) is 23.7 Å². The van der Waals surface area contributed by atoms with Gasteiger partial charge in [0.05, 0.1) is 8.48 Å². The molecule has 5 nitrogen and oxygen atoms in total. The molecule has 1 aliphatic rings. The molecule has 1 aromatic carbocycles. The second kappa shape index (κ2) is 5.30. The van der Waals surface area contributed by atoms with E-state index >= 15 is 0 Å². The summed E-state index contributed by atoms with van der Waals surface area (Å²) >= 11 is 1.51. The standard InChI is InChI=1S/C12H13NO4S/c1-17-9-2-3-10-8(6-9)7-13(4-5-18-10)11(14)12(15)16/h2-3,6H,4-5,7H2,1H3,(H,15,16)/i2T. The molecule has 0 aromatic heterocycles. The van der Waals surface area contributed by atoms with Crippen LogP contribution in [0.4, 0.5) is 0 Å². The Morgan fingerprint density at radius 2 is 2.39 bits per heavy atom. The molecule has 0 aliphatic carbocycles. The molecule has 96 valence electrons. The first-order chi connectivity index (χ1) is 9.02. The van der Waals surface area contributed by atoms with Gasteiger partial charge in [0.25, 0.3) is 0 Å². The van der Waals surface area contributed by atoms with Crippen LogP contribution in [-0.2, 0) is 16.1 Å². The van der Waals surface area contributed by atoms with Gasteiger partial charge >= 0.3 is 11.9 Å². The van der Waals surface area contributed by atoms with Gasteiger partial charge in [-0.1, -0.05) is 0 Å². The molecular weight excluding hydrogens is 254 g/mol. The van der Waals surface area contributed by atoms with Crippen LogP contribution in [-0.4, -0.2) is 41.3 Å². The average Bonchev–Trinajstić information content (AvgIpc) is 2.58. The highest BCUT2D eigenvalue weighted by molar-refractivity contribution is 7.99. The van der Waals surface area contributed by atoms with E-state index in [0.717, 1.165) is 10.5 Å². The van der Waals surface area contributed by atoms with Crippen molar-refractivity contribution >= 4 is 23.6 Å². The maximum Gasteiger partial charge on any atom is 0.394 e. The number of fused-ring (bicyclic) bond motifs is 1. The molecule has 0 atom stereocenters. The number of amides is 1.